The van der Waals surface area contributed by atoms with Crippen LogP contribution in [0.15, 0.2) is 72.9 Å². The number of rotatable bonds is 5. The van der Waals surface area contributed by atoms with Crippen molar-refractivity contribution in [3.8, 4) is 11.5 Å². The van der Waals surface area contributed by atoms with Crippen molar-refractivity contribution < 1.29 is 19.1 Å². The Labute approximate surface area is 167 Å². The van der Waals surface area contributed by atoms with Gasteiger partial charge in [-0.2, -0.15) is 0 Å². The summed E-state index contributed by atoms with van der Waals surface area (Å²) in [6.45, 7) is 0.202. The van der Waals surface area contributed by atoms with E-state index in [-0.39, 0.29) is 18.6 Å². The van der Waals surface area contributed by atoms with Crippen LogP contribution in [0.2, 0.25) is 0 Å². The number of carbonyl (C=O) groups excluding carboxylic acids is 2. The molecule has 0 aliphatic carbocycles. The molecule has 29 heavy (non-hydrogen) atoms. The maximum Gasteiger partial charge on any atom is 0.256 e. The van der Waals surface area contributed by atoms with Gasteiger partial charge in [-0.1, -0.05) is 18.2 Å². The van der Waals surface area contributed by atoms with Crippen molar-refractivity contribution in [2.24, 2.45) is 0 Å². The number of hydrogen-bond donors (Lipinski definition) is 2. The molecule has 0 bridgehead atoms. The van der Waals surface area contributed by atoms with Gasteiger partial charge in [0.1, 0.15) is 5.82 Å². The summed E-state index contributed by atoms with van der Waals surface area (Å²) in [4.78, 5) is 28.6. The zero-order valence-corrected chi connectivity index (χ0v) is 15.3. The summed E-state index contributed by atoms with van der Waals surface area (Å²) in [6.07, 6.45) is 4.69. The average Bonchev–Trinajstić information content (AvgIpc) is 3.21. The average molecular weight is 387 g/mol. The standard InChI is InChI=1S/C22H17N3O4/c26-21(10-8-15-7-9-18-19(12-15)29-14-28-18)24-17-5-3-4-16(13-17)22(27)25-20-6-1-2-11-23-20/h1-13H,14H2,(H,24,26)(H,23,25,27)/b10-8+. The molecule has 0 atom stereocenters. The van der Waals surface area contributed by atoms with Crippen molar-refractivity contribution in [3.63, 3.8) is 0 Å². The fourth-order valence-electron chi connectivity index (χ4n) is 2.74. The monoisotopic (exact) mass is 387 g/mol. The van der Waals surface area contributed by atoms with Crippen molar-refractivity contribution in [1.82, 2.24) is 4.98 Å². The van der Waals surface area contributed by atoms with Crippen LogP contribution in [0.25, 0.3) is 6.08 Å². The van der Waals surface area contributed by atoms with Crippen molar-refractivity contribution >= 4 is 29.4 Å². The molecule has 0 saturated heterocycles. The highest BCUT2D eigenvalue weighted by Crippen LogP contribution is 2.32. The van der Waals surface area contributed by atoms with Crippen LogP contribution < -0.4 is 20.1 Å². The summed E-state index contributed by atoms with van der Waals surface area (Å²) in [5, 5.41) is 5.45. The number of aromatic nitrogens is 1. The highest BCUT2D eigenvalue weighted by Gasteiger charge is 2.12. The van der Waals surface area contributed by atoms with E-state index in [1.54, 1.807) is 66.9 Å². The molecule has 0 saturated carbocycles. The molecule has 0 unspecified atom stereocenters. The van der Waals surface area contributed by atoms with Gasteiger partial charge in [-0.15, -0.1) is 0 Å². The number of nitrogens with zero attached hydrogens (tertiary/aromatic N) is 1. The van der Waals surface area contributed by atoms with Crippen LogP contribution in [-0.4, -0.2) is 23.6 Å². The van der Waals surface area contributed by atoms with Crippen LogP contribution in [0.4, 0.5) is 11.5 Å². The Bertz CT molecular complexity index is 1080. The van der Waals surface area contributed by atoms with E-state index >= 15 is 0 Å². The molecular weight excluding hydrogens is 370 g/mol. The van der Waals surface area contributed by atoms with Crippen LogP contribution in [0.3, 0.4) is 0 Å². The number of benzene rings is 2. The van der Waals surface area contributed by atoms with Crippen molar-refractivity contribution in [2.45, 2.75) is 0 Å². The molecule has 7 heteroatoms. The minimum Gasteiger partial charge on any atom is -0.454 e. The molecule has 4 rings (SSSR count). The first kappa shape index (κ1) is 18.2. The predicted octanol–water partition coefficient (Wildman–Crippen LogP) is 3.71. The third-order valence-corrected chi connectivity index (χ3v) is 4.12. The summed E-state index contributed by atoms with van der Waals surface area (Å²) in [6, 6.07) is 17.4. The predicted molar refractivity (Wildman–Crippen MR) is 109 cm³/mol. The van der Waals surface area contributed by atoms with Crippen LogP contribution in [0.5, 0.6) is 11.5 Å². The molecular formula is C22H17N3O4. The molecule has 0 radical (unpaired) electrons. The summed E-state index contributed by atoms with van der Waals surface area (Å²) in [5.74, 6) is 1.17. The van der Waals surface area contributed by atoms with Crippen LogP contribution in [0.1, 0.15) is 15.9 Å². The lowest BCUT2D eigenvalue weighted by atomic mass is 10.1. The largest absolute Gasteiger partial charge is 0.454 e. The second-order valence-corrected chi connectivity index (χ2v) is 6.19. The molecule has 2 aromatic carbocycles. The molecule has 2 N–H and O–H groups in total. The van der Waals surface area contributed by atoms with Gasteiger partial charge in [0.25, 0.3) is 5.91 Å². The van der Waals surface area contributed by atoms with Crippen molar-refractivity contribution in [1.29, 1.82) is 0 Å². The number of anilines is 2. The number of ether oxygens (including phenoxy) is 2. The maximum absolute atomic E-state index is 12.4. The first-order valence-corrected chi connectivity index (χ1v) is 8.88. The normalized spacial score (nSPS) is 12.0. The number of amides is 2. The van der Waals surface area contributed by atoms with Gasteiger partial charge in [-0.25, -0.2) is 4.98 Å². The Hall–Kier alpha value is -4.13. The van der Waals surface area contributed by atoms with E-state index in [0.717, 1.165) is 5.56 Å². The molecule has 0 fully saturated rings. The smallest absolute Gasteiger partial charge is 0.256 e. The molecule has 144 valence electrons. The Kier molecular flexibility index (Phi) is 5.20. The van der Waals surface area contributed by atoms with E-state index in [0.29, 0.717) is 28.6 Å². The quantitative estimate of drug-likeness (QED) is 0.652. The van der Waals surface area contributed by atoms with E-state index in [9.17, 15) is 9.59 Å². The van der Waals surface area contributed by atoms with Gasteiger partial charge < -0.3 is 20.1 Å². The van der Waals surface area contributed by atoms with Crippen LogP contribution in [-0.2, 0) is 4.79 Å². The van der Waals surface area contributed by atoms with Crippen molar-refractivity contribution in [3.05, 3.63) is 84.1 Å². The molecule has 0 spiro atoms. The van der Waals surface area contributed by atoms with Gasteiger partial charge in [0.05, 0.1) is 0 Å². The highest BCUT2D eigenvalue weighted by molar-refractivity contribution is 6.06. The van der Waals surface area contributed by atoms with Crippen LogP contribution in [0, 0.1) is 0 Å². The second-order valence-electron chi connectivity index (χ2n) is 6.19. The van der Waals surface area contributed by atoms with E-state index in [4.69, 9.17) is 9.47 Å². The number of fused-ring (bicyclic) bond motifs is 1. The Balaban J connectivity index is 1.39. The topological polar surface area (TPSA) is 89.5 Å². The van der Waals surface area contributed by atoms with E-state index in [2.05, 4.69) is 15.6 Å². The molecule has 1 aliphatic rings. The third-order valence-electron chi connectivity index (χ3n) is 4.12. The molecule has 1 aliphatic heterocycles. The van der Waals surface area contributed by atoms with Crippen LogP contribution >= 0.6 is 0 Å². The zero-order valence-electron chi connectivity index (χ0n) is 15.3. The van der Waals surface area contributed by atoms with Gasteiger partial charge in [0.15, 0.2) is 11.5 Å². The lowest BCUT2D eigenvalue weighted by Crippen LogP contribution is -2.14. The SMILES string of the molecule is O=C(/C=C/c1ccc2c(c1)OCO2)Nc1cccc(C(=O)Nc2ccccn2)c1. The molecule has 3 aromatic rings. The first-order chi connectivity index (χ1) is 14.2. The highest BCUT2D eigenvalue weighted by atomic mass is 16.7. The minimum atomic E-state index is -0.315. The molecule has 2 amide bonds. The zero-order chi connectivity index (χ0) is 20.1. The molecule has 1 aromatic heterocycles. The van der Waals surface area contributed by atoms with Gasteiger partial charge in [-0.3, -0.25) is 9.59 Å². The lowest BCUT2D eigenvalue weighted by Gasteiger charge is -2.07. The molecule has 7 nitrogen and oxygen atoms in total. The number of carbonyl (C=O) groups is 2. The van der Waals surface area contributed by atoms with Crippen molar-refractivity contribution in [2.75, 3.05) is 17.4 Å². The fraction of sp³-hybridized carbons (Fsp3) is 0.0455. The lowest BCUT2D eigenvalue weighted by molar-refractivity contribution is -0.111. The van der Waals surface area contributed by atoms with Gasteiger partial charge >= 0.3 is 0 Å². The first-order valence-electron chi connectivity index (χ1n) is 8.88. The van der Waals surface area contributed by atoms with Gasteiger partial charge in [-0.05, 0) is 54.1 Å². The summed E-state index contributed by atoms with van der Waals surface area (Å²) >= 11 is 0. The van der Waals surface area contributed by atoms with E-state index in [1.807, 2.05) is 6.07 Å². The number of hydrogen-bond acceptors (Lipinski definition) is 5. The summed E-state index contributed by atoms with van der Waals surface area (Å²) < 4.78 is 10.6. The third kappa shape index (κ3) is 4.59. The second kappa shape index (κ2) is 8.26. The summed E-state index contributed by atoms with van der Waals surface area (Å²) in [7, 11) is 0. The molecule has 2 heterocycles. The Morgan fingerprint density at radius 1 is 0.931 bits per heavy atom. The fourth-order valence-corrected chi connectivity index (χ4v) is 2.74. The number of pyridine rings is 1. The van der Waals surface area contributed by atoms with Gasteiger partial charge in [0, 0.05) is 23.5 Å². The Morgan fingerprint density at radius 3 is 2.69 bits per heavy atom. The maximum atomic E-state index is 12.4. The number of nitrogens with one attached hydrogen (secondary N) is 2. The summed E-state index contributed by atoms with van der Waals surface area (Å²) in [5.41, 5.74) is 1.74. The Morgan fingerprint density at radius 2 is 1.83 bits per heavy atom. The van der Waals surface area contributed by atoms with Gasteiger partial charge in [0.2, 0.25) is 12.7 Å². The van der Waals surface area contributed by atoms with E-state index < -0.39 is 0 Å². The minimum absolute atomic E-state index is 0.202. The van der Waals surface area contributed by atoms with E-state index in [1.165, 1.54) is 6.08 Å².